The van der Waals surface area contributed by atoms with Crippen LogP contribution in [0.15, 0.2) is 29.2 Å². The number of carbonyl (C=O) groups is 2. The zero-order valence-electron chi connectivity index (χ0n) is 16.4. The molecular formula is C18H29N3O4S. The van der Waals surface area contributed by atoms with Crippen molar-refractivity contribution in [2.45, 2.75) is 45.1 Å². The standard InChI is InChI=1S/C18H29N3O4S/c1-7-21(8-2)26(24,25)15-11-9-14(10-12-15)17(23)20(6)13-16(22)19-18(3,4)5/h9-12H,7-8,13H2,1-6H3,(H,19,22). The van der Waals surface area contributed by atoms with Gasteiger partial charge in [0.2, 0.25) is 15.9 Å². The van der Waals surface area contributed by atoms with Crippen LogP contribution in [0.25, 0.3) is 0 Å². The largest absolute Gasteiger partial charge is 0.350 e. The van der Waals surface area contributed by atoms with E-state index in [-0.39, 0.29) is 28.8 Å². The number of nitrogens with zero attached hydrogens (tertiary/aromatic N) is 2. The van der Waals surface area contributed by atoms with Gasteiger partial charge in [-0.15, -0.1) is 0 Å². The fraction of sp³-hybridized carbons (Fsp3) is 0.556. The molecule has 0 radical (unpaired) electrons. The van der Waals surface area contributed by atoms with E-state index >= 15 is 0 Å². The smallest absolute Gasteiger partial charge is 0.254 e. The summed E-state index contributed by atoms with van der Waals surface area (Å²) in [7, 11) is -2.03. The predicted octanol–water partition coefficient (Wildman–Crippen LogP) is 1.70. The summed E-state index contributed by atoms with van der Waals surface area (Å²) in [6.07, 6.45) is 0. The van der Waals surface area contributed by atoms with E-state index in [1.807, 2.05) is 20.8 Å². The number of hydrogen-bond acceptors (Lipinski definition) is 4. The average Bonchev–Trinajstić information content (AvgIpc) is 2.53. The van der Waals surface area contributed by atoms with Gasteiger partial charge in [-0.25, -0.2) is 8.42 Å². The van der Waals surface area contributed by atoms with E-state index in [1.165, 1.54) is 40.5 Å². The lowest BCUT2D eigenvalue weighted by Gasteiger charge is -2.23. The SMILES string of the molecule is CCN(CC)S(=O)(=O)c1ccc(C(=O)N(C)CC(=O)NC(C)(C)C)cc1. The summed E-state index contributed by atoms with van der Waals surface area (Å²) in [5.41, 5.74) is -0.0453. The fourth-order valence-corrected chi connectivity index (χ4v) is 3.91. The van der Waals surface area contributed by atoms with Crippen LogP contribution in [0.5, 0.6) is 0 Å². The molecule has 0 unspecified atom stereocenters. The minimum absolute atomic E-state index is 0.0738. The molecule has 1 N–H and O–H groups in total. The molecule has 0 bridgehead atoms. The van der Waals surface area contributed by atoms with Gasteiger partial charge in [-0.05, 0) is 45.0 Å². The second kappa shape index (κ2) is 8.64. The summed E-state index contributed by atoms with van der Waals surface area (Å²) >= 11 is 0. The van der Waals surface area contributed by atoms with Gasteiger partial charge in [-0.3, -0.25) is 9.59 Å². The first kappa shape index (κ1) is 22.1. The highest BCUT2D eigenvalue weighted by molar-refractivity contribution is 7.89. The number of amides is 2. The van der Waals surface area contributed by atoms with Crippen LogP contribution in [0, 0.1) is 0 Å². The molecule has 0 saturated heterocycles. The Kier molecular flexibility index (Phi) is 7.35. The van der Waals surface area contributed by atoms with Crippen molar-refractivity contribution in [2.75, 3.05) is 26.7 Å². The van der Waals surface area contributed by atoms with Gasteiger partial charge in [0.1, 0.15) is 0 Å². The monoisotopic (exact) mass is 383 g/mol. The maximum absolute atomic E-state index is 12.5. The molecule has 26 heavy (non-hydrogen) atoms. The second-order valence-electron chi connectivity index (χ2n) is 7.07. The summed E-state index contributed by atoms with van der Waals surface area (Å²) in [6.45, 7) is 9.82. The van der Waals surface area contributed by atoms with E-state index in [9.17, 15) is 18.0 Å². The van der Waals surface area contributed by atoms with Crippen LogP contribution in [0.4, 0.5) is 0 Å². The molecule has 1 aromatic rings. The number of rotatable bonds is 7. The minimum atomic E-state index is -3.56. The Hall–Kier alpha value is -1.93. The van der Waals surface area contributed by atoms with Gasteiger partial charge in [0.25, 0.3) is 5.91 Å². The highest BCUT2D eigenvalue weighted by Crippen LogP contribution is 2.17. The Labute approximate surface area is 156 Å². The van der Waals surface area contributed by atoms with Crippen LogP contribution in [-0.2, 0) is 14.8 Å². The molecule has 0 fully saturated rings. The summed E-state index contributed by atoms with van der Waals surface area (Å²) in [4.78, 5) is 25.8. The van der Waals surface area contributed by atoms with Crippen LogP contribution >= 0.6 is 0 Å². The van der Waals surface area contributed by atoms with Crippen LogP contribution in [0.2, 0.25) is 0 Å². The van der Waals surface area contributed by atoms with Gasteiger partial charge in [0.05, 0.1) is 11.4 Å². The van der Waals surface area contributed by atoms with Gasteiger partial charge in [-0.2, -0.15) is 4.31 Å². The van der Waals surface area contributed by atoms with Crippen LogP contribution in [0.1, 0.15) is 45.0 Å². The number of sulfonamides is 1. The van der Waals surface area contributed by atoms with Crippen LogP contribution in [-0.4, -0.2) is 61.7 Å². The summed E-state index contributed by atoms with van der Waals surface area (Å²) < 4.78 is 26.3. The second-order valence-corrected chi connectivity index (χ2v) is 9.01. The quantitative estimate of drug-likeness (QED) is 0.776. The first-order valence-electron chi connectivity index (χ1n) is 8.59. The van der Waals surface area contributed by atoms with E-state index in [2.05, 4.69) is 5.32 Å². The zero-order chi connectivity index (χ0) is 20.1. The van der Waals surface area contributed by atoms with Gasteiger partial charge in [-0.1, -0.05) is 13.8 Å². The molecule has 0 aromatic heterocycles. The van der Waals surface area contributed by atoms with E-state index in [0.29, 0.717) is 18.7 Å². The molecule has 0 atom stereocenters. The van der Waals surface area contributed by atoms with E-state index in [4.69, 9.17) is 0 Å². The number of carbonyl (C=O) groups excluding carboxylic acids is 2. The van der Waals surface area contributed by atoms with Crippen molar-refractivity contribution >= 4 is 21.8 Å². The minimum Gasteiger partial charge on any atom is -0.350 e. The van der Waals surface area contributed by atoms with Crippen LogP contribution in [0.3, 0.4) is 0 Å². The van der Waals surface area contributed by atoms with Crippen molar-refractivity contribution in [3.63, 3.8) is 0 Å². The third kappa shape index (κ3) is 5.81. The van der Waals surface area contributed by atoms with Crippen LogP contribution < -0.4 is 5.32 Å². The van der Waals surface area contributed by atoms with Gasteiger partial charge < -0.3 is 10.2 Å². The molecule has 0 spiro atoms. The number of hydrogen-bond donors (Lipinski definition) is 1. The van der Waals surface area contributed by atoms with Crippen molar-refractivity contribution < 1.29 is 18.0 Å². The van der Waals surface area contributed by atoms with Gasteiger partial charge in [0.15, 0.2) is 0 Å². The third-order valence-corrected chi connectivity index (χ3v) is 5.75. The molecule has 7 nitrogen and oxygen atoms in total. The fourth-order valence-electron chi connectivity index (χ4n) is 2.45. The Morgan fingerprint density at radius 1 is 1.04 bits per heavy atom. The number of likely N-dealkylation sites (N-methyl/N-ethyl adjacent to an activating group) is 1. The highest BCUT2D eigenvalue weighted by atomic mass is 32.2. The number of benzene rings is 1. The summed E-state index contributed by atoms with van der Waals surface area (Å²) in [5, 5.41) is 2.79. The molecule has 146 valence electrons. The maximum Gasteiger partial charge on any atom is 0.254 e. The lowest BCUT2D eigenvalue weighted by molar-refractivity contribution is -0.122. The Morgan fingerprint density at radius 2 is 1.54 bits per heavy atom. The maximum atomic E-state index is 12.5. The van der Waals surface area contributed by atoms with Crippen molar-refractivity contribution in [2.24, 2.45) is 0 Å². The molecule has 8 heteroatoms. The first-order chi connectivity index (χ1) is 11.9. The van der Waals surface area contributed by atoms with E-state index in [0.717, 1.165) is 0 Å². The lowest BCUT2D eigenvalue weighted by atomic mass is 10.1. The van der Waals surface area contributed by atoms with Gasteiger partial charge >= 0.3 is 0 Å². The molecule has 1 rings (SSSR count). The third-order valence-electron chi connectivity index (χ3n) is 3.69. The Bertz CT molecular complexity index is 733. The highest BCUT2D eigenvalue weighted by Gasteiger charge is 2.23. The average molecular weight is 384 g/mol. The predicted molar refractivity (Wildman–Crippen MR) is 101 cm³/mol. The normalized spacial score (nSPS) is 12.1. The van der Waals surface area contributed by atoms with Crippen molar-refractivity contribution in [1.29, 1.82) is 0 Å². The molecule has 0 aliphatic heterocycles. The van der Waals surface area contributed by atoms with Crippen molar-refractivity contribution in [1.82, 2.24) is 14.5 Å². The molecule has 0 aliphatic carbocycles. The summed E-state index contributed by atoms with van der Waals surface area (Å²) in [6, 6.07) is 5.78. The van der Waals surface area contributed by atoms with Crippen molar-refractivity contribution in [3.05, 3.63) is 29.8 Å². The zero-order valence-corrected chi connectivity index (χ0v) is 17.2. The topological polar surface area (TPSA) is 86.8 Å². The Balaban J connectivity index is 2.88. The first-order valence-corrected chi connectivity index (χ1v) is 10.0. The Morgan fingerprint density at radius 3 is 1.96 bits per heavy atom. The molecule has 0 aliphatic rings. The number of nitrogens with one attached hydrogen (secondary N) is 1. The molecule has 2 amide bonds. The molecular weight excluding hydrogens is 354 g/mol. The molecule has 1 aromatic carbocycles. The molecule has 0 saturated carbocycles. The van der Waals surface area contributed by atoms with E-state index in [1.54, 1.807) is 13.8 Å². The van der Waals surface area contributed by atoms with Gasteiger partial charge in [0, 0.05) is 31.2 Å². The lowest BCUT2D eigenvalue weighted by Crippen LogP contribution is -2.46. The molecule has 0 heterocycles. The summed E-state index contributed by atoms with van der Waals surface area (Å²) in [5.74, 6) is -0.602. The van der Waals surface area contributed by atoms with E-state index < -0.39 is 10.0 Å². The van der Waals surface area contributed by atoms with Crippen molar-refractivity contribution in [3.8, 4) is 0 Å².